The molecule has 1 aromatic carbocycles. The highest BCUT2D eigenvalue weighted by molar-refractivity contribution is 5.86. The summed E-state index contributed by atoms with van der Waals surface area (Å²) in [7, 11) is 0. The monoisotopic (exact) mass is 235 g/mol. The summed E-state index contributed by atoms with van der Waals surface area (Å²) in [6, 6.07) is 4.50. The van der Waals surface area contributed by atoms with Crippen LogP contribution in [0.3, 0.4) is 0 Å². The number of aromatic nitrogens is 1. The summed E-state index contributed by atoms with van der Waals surface area (Å²) in [5.41, 5.74) is 1.33. The first-order chi connectivity index (χ1) is 7.99. The minimum Gasteiger partial charge on any atom is -0.476 e. The van der Waals surface area contributed by atoms with Crippen LogP contribution in [-0.2, 0) is 0 Å². The highest BCUT2D eigenvalue weighted by Crippen LogP contribution is 2.26. The van der Waals surface area contributed by atoms with E-state index in [1.807, 2.05) is 6.92 Å². The molecule has 0 saturated carbocycles. The van der Waals surface area contributed by atoms with E-state index < -0.39 is 11.8 Å². The van der Waals surface area contributed by atoms with Crippen LogP contribution in [0.15, 0.2) is 22.7 Å². The Morgan fingerprint density at radius 2 is 2.06 bits per heavy atom. The maximum absolute atomic E-state index is 13.8. The second-order valence-electron chi connectivity index (χ2n) is 3.82. The molecule has 4 nitrogen and oxygen atoms in total. The van der Waals surface area contributed by atoms with Crippen molar-refractivity contribution >= 4 is 5.97 Å². The summed E-state index contributed by atoms with van der Waals surface area (Å²) in [6.07, 6.45) is 0. The van der Waals surface area contributed by atoms with E-state index in [2.05, 4.69) is 5.16 Å². The molecule has 0 atom stereocenters. The largest absolute Gasteiger partial charge is 0.476 e. The Balaban J connectivity index is 2.56. The predicted octanol–water partition coefficient (Wildman–Crippen LogP) is 2.80. The summed E-state index contributed by atoms with van der Waals surface area (Å²) in [5, 5.41) is 12.1. The topological polar surface area (TPSA) is 63.3 Å². The van der Waals surface area contributed by atoms with E-state index in [9.17, 15) is 9.18 Å². The van der Waals surface area contributed by atoms with Gasteiger partial charge in [0.05, 0.1) is 5.56 Å². The SMILES string of the molecule is Cc1cc(C)c(F)c(-c2cc(C(=O)O)no2)c1. The smallest absolute Gasteiger partial charge is 0.358 e. The predicted molar refractivity (Wildman–Crippen MR) is 58.3 cm³/mol. The first kappa shape index (κ1) is 11.3. The van der Waals surface area contributed by atoms with Crippen LogP contribution in [0.1, 0.15) is 21.6 Å². The number of hydrogen-bond acceptors (Lipinski definition) is 3. The number of aromatic carboxylic acids is 1. The van der Waals surface area contributed by atoms with Crippen molar-refractivity contribution in [2.75, 3.05) is 0 Å². The van der Waals surface area contributed by atoms with Crippen LogP contribution in [0.2, 0.25) is 0 Å². The van der Waals surface area contributed by atoms with Crippen LogP contribution in [-0.4, -0.2) is 16.2 Å². The highest BCUT2D eigenvalue weighted by Gasteiger charge is 2.16. The lowest BCUT2D eigenvalue weighted by atomic mass is 10.0. The third-order valence-electron chi connectivity index (χ3n) is 2.39. The third kappa shape index (κ3) is 2.04. The molecule has 0 spiro atoms. The zero-order valence-corrected chi connectivity index (χ0v) is 9.32. The van der Waals surface area contributed by atoms with Gasteiger partial charge in [0.2, 0.25) is 0 Å². The zero-order chi connectivity index (χ0) is 12.6. The van der Waals surface area contributed by atoms with Crippen molar-refractivity contribution in [3.63, 3.8) is 0 Å². The molecule has 0 aliphatic heterocycles. The fourth-order valence-electron chi connectivity index (χ4n) is 1.63. The van der Waals surface area contributed by atoms with Crippen molar-refractivity contribution in [2.45, 2.75) is 13.8 Å². The molecule has 1 heterocycles. The molecule has 1 aromatic heterocycles. The minimum absolute atomic E-state index is 0.117. The van der Waals surface area contributed by atoms with Crippen molar-refractivity contribution < 1.29 is 18.8 Å². The number of carboxylic acid groups (broad SMARTS) is 1. The van der Waals surface area contributed by atoms with E-state index in [1.165, 1.54) is 6.07 Å². The molecule has 2 aromatic rings. The first-order valence-corrected chi connectivity index (χ1v) is 4.96. The molecule has 88 valence electrons. The Labute approximate surface area is 96.7 Å². The minimum atomic E-state index is -1.20. The molecular formula is C12H10FNO3. The molecule has 17 heavy (non-hydrogen) atoms. The molecule has 0 fully saturated rings. The Kier molecular flexibility index (Phi) is 2.67. The van der Waals surface area contributed by atoms with Crippen LogP contribution < -0.4 is 0 Å². The molecule has 0 bridgehead atoms. The quantitative estimate of drug-likeness (QED) is 0.869. The van der Waals surface area contributed by atoms with Gasteiger partial charge >= 0.3 is 5.97 Å². The maximum atomic E-state index is 13.8. The number of nitrogens with zero attached hydrogens (tertiary/aromatic N) is 1. The van der Waals surface area contributed by atoms with Gasteiger partial charge in [-0.3, -0.25) is 0 Å². The van der Waals surface area contributed by atoms with Crippen molar-refractivity contribution in [3.05, 3.63) is 40.8 Å². The van der Waals surface area contributed by atoms with Gasteiger partial charge in [0.15, 0.2) is 11.5 Å². The fourth-order valence-corrected chi connectivity index (χ4v) is 1.63. The van der Waals surface area contributed by atoms with Crippen LogP contribution in [0.25, 0.3) is 11.3 Å². The third-order valence-corrected chi connectivity index (χ3v) is 2.39. The molecule has 0 aliphatic rings. The maximum Gasteiger partial charge on any atom is 0.358 e. The molecule has 5 heteroatoms. The summed E-state index contributed by atoms with van der Waals surface area (Å²) in [4.78, 5) is 10.6. The molecule has 0 radical (unpaired) electrons. The lowest BCUT2D eigenvalue weighted by molar-refractivity contribution is 0.0686. The second-order valence-corrected chi connectivity index (χ2v) is 3.82. The number of hydrogen-bond donors (Lipinski definition) is 1. The van der Waals surface area contributed by atoms with E-state index in [1.54, 1.807) is 19.1 Å². The Hall–Kier alpha value is -2.17. The van der Waals surface area contributed by atoms with Crippen molar-refractivity contribution in [3.8, 4) is 11.3 Å². The van der Waals surface area contributed by atoms with Crippen LogP contribution >= 0.6 is 0 Å². The van der Waals surface area contributed by atoms with Gasteiger partial charge in [0.25, 0.3) is 0 Å². The van der Waals surface area contributed by atoms with Gasteiger partial charge < -0.3 is 9.63 Å². The number of carboxylic acids is 1. The molecule has 2 rings (SSSR count). The van der Waals surface area contributed by atoms with E-state index in [-0.39, 0.29) is 17.0 Å². The molecule has 0 amide bonds. The molecule has 1 N–H and O–H groups in total. The number of rotatable bonds is 2. The van der Waals surface area contributed by atoms with Crippen LogP contribution in [0, 0.1) is 19.7 Å². The highest BCUT2D eigenvalue weighted by atomic mass is 19.1. The van der Waals surface area contributed by atoms with Gasteiger partial charge in [-0.05, 0) is 31.0 Å². The lowest BCUT2D eigenvalue weighted by Gasteiger charge is -2.03. The van der Waals surface area contributed by atoms with Gasteiger partial charge in [0, 0.05) is 6.07 Å². The average Bonchev–Trinajstić information content (AvgIpc) is 2.72. The Morgan fingerprint density at radius 1 is 1.35 bits per heavy atom. The van der Waals surface area contributed by atoms with Gasteiger partial charge in [0.1, 0.15) is 5.82 Å². The van der Waals surface area contributed by atoms with Crippen molar-refractivity contribution in [2.24, 2.45) is 0 Å². The summed E-state index contributed by atoms with van der Waals surface area (Å²) >= 11 is 0. The van der Waals surface area contributed by atoms with Gasteiger partial charge in [-0.15, -0.1) is 0 Å². The average molecular weight is 235 g/mol. The Bertz CT molecular complexity index is 589. The Morgan fingerprint density at radius 3 is 2.65 bits per heavy atom. The van der Waals surface area contributed by atoms with E-state index in [0.29, 0.717) is 5.56 Å². The van der Waals surface area contributed by atoms with Crippen molar-refractivity contribution in [1.82, 2.24) is 5.16 Å². The second kappa shape index (κ2) is 4.01. The van der Waals surface area contributed by atoms with Gasteiger partial charge in [-0.2, -0.15) is 0 Å². The molecular weight excluding hydrogens is 225 g/mol. The fraction of sp³-hybridized carbons (Fsp3) is 0.167. The number of carbonyl (C=O) groups is 1. The lowest BCUT2D eigenvalue weighted by Crippen LogP contribution is -1.94. The zero-order valence-electron chi connectivity index (χ0n) is 9.32. The number of aryl methyl sites for hydroxylation is 2. The summed E-state index contributed by atoms with van der Waals surface area (Å²) < 4.78 is 18.7. The van der Waals surface area contributed by atoms with Crippen LogP contribution in [0.4, 0.5) is 4.39 Å². The summed E-state index contributed by atoms with van der Waals surface area (Å²) in [5.74, 6) is -1.51. The normalized spacial score (nSPS) is 10.5. The van der Waals surface area contributed by atoms with Gasteiger partial charge in [-0.25, -0.2) is 9.18 Å². The van der Waals surface area contributed by atoms with Crippen molar-refractivity contribution in [1.29, 1.82) is 0 Å². The van der Waals surface area contributed by atoms with Gasteiger partial charge in [-0.1, -0.05) is 11.2 Å². The van der Waals surface area contributed by atoms with E-state index in [0.717, 1.165) is 5.56 Å². The molecule has 0 unspecified atom stereocenters. The van der Waals surface area contributed by atoms with Crippen LogP contribution in [0.5, 0.6) is 0 Å². The molecule has 0 aliphatic carbocycles. The van der Waals surface area contributed by atoms with E-state index >= 15 is 0 Å². The number of halogens is 1. The molecule has 0 saturated heterocycles. The summed E-state index contributed by atoms with van der Waals surface area (Å²) in [6.45, 7) is 3.46. The first-order valence-electron chi connectivity index (χ1n) is 4.96. The standard InChI is InChI=1S/C12H10FNO3/c1-6-3-7(2)11(13)8(4-6)10-5-9(12(15)16)14-17-10/h3-5H,1-2H3,(H,15,16). The van der Waals surface area contributed by atoms with E-state index in [4.69, 9.17) is 9.63 Å². The number of benzene rings is 1.